The van der Waals surface area contributed by atoms with Crippen LogP contribution in [0.3, 0.4) is 0 Å². The molecule has 0 saturated carbocycles. The summed E-state index contributed by atoms with van der Waals surface area (Å²) in [5.41, 5.74) is 4.80. The van der Waals surface area contributed by atoms with Crippen LogP contribution in [0, 0.1) is 0 Å². The Kier molecular flexibility index (Phi) is 7.93. The van der Waals surface area contributed by atoms with Gasteiger partial charge in [-0.15, -0.1) is 0 Å². The van der Waals surface area contributed by atoms with Crippen molar-refractivity contribution in [2.75, 3.05) is 28.6 Å². The molecule has 3 aromatic rings. The smallest absolute Gasteiger partial charge is 0.323 e. The third-order valence-electron chi connectivity index (χ3n) is 6.18. The van der Waals surface area contributed by atoms with Gasteiger partial charge in [0.05, 0.1) is 22.1 Å². The van der Waals surface area contributed by atoms with E-state index >= 15 is 0 Å². The number of nitrogens with zero attached hydrogens (tertiary/aromatic N) is 1. The van der Waals surface area contributed by atoms with Crippen LogP contribution in [0.25, 0.3) is 0 Å². The number of carbonyl (C=O) groups excluding carboxylic acids is 2. The van der Waals surface area contributed by atoms with Crippen molar-refractivity contribution in [1.82, 2.24) is 5.32 Å². The molecule has 35 heavy (non-hydrogen) atoms. The number of urea groups is 1. The molecule has 0 spiro atoms. The molecule has 3 aromatic carbocycles. The third-order valence-corrected chi connectivity index (χ3v) is 6.50. The maximum atomic E-state index is 12.9. The second-order valence-electron chi connectivity index (χ2n) is 9.06. The summed E-state index contributed by atoms with van der Waals surface area (Å²) < 4.78 is 0. The van der Waals surface area contributed by atoms with E-state index in [1.165, 1.54) is 5.56 Å². The minimum absolute atomic E-state index is 0.194. The molecule has 4 rings (SSSR count). The van der Waals surface area contributed by atoms with E-state index in [1.54, 1.807) is 30.3 Å². The Morgan fingerprint density at radius 3 is 2.29 bits per heavy atom. The monoisotopic (exact) mass is 490 g/mol. The van der Waals surface area contributed by atoms with E-state index in [0.717, 1.165) is 37.2 Å². The van der Waals surface area contributed by atoms with E-state index in [4.69, 9.17) is 11.6 Å². The lowest BCUT2D eigenvalue weighted by Crippen LogP contribution is -2.26. The third kappa shape index (κ3) is 6.34. The predicted molar refractivity (Wildman–Crippen MR) is 144 cm³/mol. The van der Waals surface area contributed by atoms with Crippen molar-refractivity contribution in [2.24, 2.45) is 0 Å². The molecule has 182 valence electrons. The maximum absolute atomic E-state index is 12.9. The number of amides is 3. The van der Waals surface area contributed by atoms with Gasteiger partial charge in [-0.2, -0.15) is 0 Å². The van der Waals surface area contributed by atoms with Crippen LogP contribution in [0.1, 0.15) is 54.1 Å². The molecule has 3 amide bonds. The molecule has 6 nitrogen and oxygen atoms in total. The van der Waals surface area contributed by atoms with E-state index in [2.05, 4.69) is 46.8 Å². The highest BCUT2D eigenvalue weighted by Crippen LogP contribution is 2.31. The number of para-hydroxylation sites is 1. The first-order valence-corrected chi connectivity index (χ1v) is 12.4. The van der Waals surface area contributed by atoms with Crippen molar-refractivity contribution >= 4 is 40.6 Å². The lowest BCUT2D eigenvalue weighted by molar-refractivity contribution is 0.0951. The summed E-state index contributed by atoms with van der Waals surface area (Å²) in [5.74, 6) is 0.272. The molecule has 1 aliphatic heterocycles. The predicted octanol–water partition coefficient (Wildman–Crippen LogP) is 6.64. The Morgan fingerprint density at radius 2 is 1.60 bits per heavy atom. The molecule has 3 N–H and O–H groups in total. The number of hydrogen-bond acceptors (Lipinski definition) is 3. The topological polar surface area (TPSA) is 73.5 Å². The lowest BCUT2D eigenvalue weighted by atomic mass is 10.0. The lowest BCUT2D eigenvalue weighted by Gasteiger charge is -2.22. The zero-order valence-corrected chi connectivity index (χ0v) is 20.9. The maximum Gasteiger partial charge on any atom is 0.323 e. The molecule has 1 heterocycles. The Balaban J connectivity index is 1.48. The van der Waals surface area contributed by atoms with Crippen LogP contribution >= 0.6 is 11.6 Å². The second kappa shape index (κ2) is 11.3. The Morgan fingerprint density at radius 1 is 0.914 bits per heavy atom. The first-order chi connectivity index (χ1) is 16.9. The van der Waals surface area contributed by atoms with Crippen molar-refractivity contribution in [1.29, 1.82) is 0 Å². The van der Waals surface area contributed by atoms with Crippen molar-refractivity contribution in [3.05, 3.63) is 88.4 Å². The number of halogens is 1. The average molecular weight is 491 g/mol. The van der Waals surface area contributed by atoms with Crippen molar-refractivity contribution in [3.8, 4) is 0 Å². The summed E-state index contributed by atoms with van der Waals surface area (Å²) in [5, 5.41) is 9.14. The van der Waals surface area contributed by atoms with Gasteiger partial charge < -0.3 is 20.9 Å². The normalized spacial score (nSPS) is 13.1. The molecule has 1 aliphatic rings. The first-order valence-electron chi connectivity index (χ1n) is 12.0. The van der Waals surface area contributed by atoms with Gasteiger partial charge in [0.2, 0.25) is 0 Å². The van der Waals surface area contributed by atoms with E-state index in [9.17, 15) is 9.59 Å². The van der Waals surface area contributed by atoms with Crippen LogP contribution in [-0.2, 0) is 6.54 Å². The van der Waals surface area contributed by atoms with E-state index in [1.807, 2.05) is 24.3 Å². The van der Waals surface area contributed by atoms with Gasteiger partial charge in [-0.3, -0.25) is 4.79 Å². The first kappa shape index (κ1) is 24.6. The van der Waals surface area contributed by atoms with Crippen LogP contribution < -0.4 is 20.9 Å². The highest BCUT2D eigenvalue weighted by molar-refractivity contribution is 6.33. The molecule has 0 radical (unpaired) electrons. The fourth-order valence-electron chi connectivity index (χ4n) is 4.15. The summed E-state index contributed by atoms with van der Waals surface area (Å²) in [6.07, 6.45) is 2.20. The molecule has 0 aliphatic carbocycles. The zero-order valence-electron chi connectivity index (χ0n) is 20.1. The van der Waals surface area contributed by atoms with E-state index < -0.39 is 6.03 Å². The molecule has 0 atom stereocenters. The van der Waals surface area contributed by atoms with Gasteiger partial charge in [0, 0.05) is 25.2 Å². The summed E-state index contributed by atoms with van der Waals surface area (Å²) in [4.78, 5) is 27.9. The summed E-state index contributed by atoms with van der Waals surface area (Å²) >= 11 is 6.18. The molecular weight excluding hydrogens is 460 g/mol. The zero-order chi connectivity index (χ0) is 24.8. The molecule has 0 unspecified atom stereocenters. The van der Waals surface area contributed by atoms with Crippen LogP contribution in [0.4, 0.5) is 21.9 Å². The molecule has 0 aromatic heterocycles. The van der Waals surface area contributed by atoms with Crippen molar-refractivity contribution in [3.63, 3.8) is 0 Å². The molecule has 7 heteroatoms. The number of rotatable bonds is 7. The number of benzene rings is 3. The Hall–Kier alpha value is -3.51. The Bertz CT molecular complexity index is 1190. The average Bonchev–Trinajstić information content (AvgIpc) is 3.39. The summed E-state index contributed by atoms with van der Waals surface area (Å²) in [6, 6.07) is 20.4. The van der Waals surface area contributed by atoms with Crippen LogP contribution in [0.5, 0.6) is 0 Å². The summed E-state index contributed by atoms with van der Waals surface area (Å²) in [6.45, 7) is 6.57. The Labute approximate surface area is 211 Å². The number of anilines is 3. The number of carbonyl (C=O) groups is 2. The van der Waals surface area contributed by atoms with Crippen LogP contribution in [-0.4, -0.2) is 25.0 Å². The van der Waals surface area contributed by atoms with E-state index in [0.29, 0.717) is 34.4 Å². The standard InChI is InChI=1S/C28H31ClN4O2/c1-19(2)21-11-9-20(10-12-21)18-30-27(34)22-13-14-26(33-15-5-6-16-33)25(17-22)32-28(35)31-24-8-4-3-7-23(24)29/h3-4,7-14,17,19H,5-6,15-16,18H2,1-2H3,(H,30,34)(H2,31,32,35). The van der Waals surface area contributed by atoms with Gasteiger partial charge in [0.25, 0.3) is 5.91 Å². The summed E-state index contributed by atoms with van der Waals surface area (Å²) in [7, 11) is 0. The van der Waals surface area contributed by atoms with Gasteiger partial charge in [0.15, 0.2) is 0 Å². The molecule has 1 fully saturated rings. The molecule has 0 bridgehead atoms. The van der Waals surface area contributed by atoms with Crippen molar-refractivity contribution in [2.45, 2.75) is 39.2 Å². The fraction of sp³-hybridized carbons (Fsp3) is 0.286. The second-order valence-corrected chi connectivity index (χ2v) is 9.47. The van der Waals surface area contributed by atoms with Gasteiger partial charge in [-0.1, -0.05) is 61.8 Å². The quantitative estimate of drug-likeness (QED) is 0.347. The van der Waals surface area contributed by atoms with E-state index in [-0.39, 0.29) is 5.91 Å². The van der Waals surface area contributed by atoms with Crippen molar-refractivity contribution < 1.29 is 9.59 Å². The van der Waals surface area contributed by atoms with Gasteiger partial charge in [-0.25, -0.2) is 4.79 Å². The SMILES string of the molecule is CC(C)c1ccc(CNC(=O)c2ccc(N3CCCC3)c(NC(=O)Nc3ccccc3Cl)c2)cc1. The number of nitrogens with one attached hydrogen (secondary N) is 3. The van der Waals surface area contributed by atoms with Crippen LogP contribution in [0.2, 0.25) is 5.02 Å². The van der Waals surface area contributed by atoms with Crippen LogP contribution in [0.15, 0.2) is 66.7 Å². The number of hydrogen-bond donors (Lipinski definition) is 3. The highest BCUT2D eigenvalue weighted by Gasteiger charge is 2.19. The largest absolute Gasteiger partial charge is 0.370 e. The minimum Gasteiger partial charge on any atom is -0.370 e. The minimum atomic E-state index is -0.415. The fourth-order valence-corrected chi connectivity index (χ4v) is 4.34. The molecular formula is C28H31ClN4O2. The van der Waals surface area contributed by atoms with Gasteiger partial charge in [-0.05, 0) is 60.2 Å². The molecule has 1 saturated heterocycles. The van der Waals surface area contributed by atoms with Gasteiger partial charge >= 0.3 is 6.03 Å². The van der Waals surface area contributed by atoms with Gasteiger partial charge in [0.1, 0.15) is 0 Å². The highest BCUT2D eigenvalue weighted by atomic mass is 35.5.